The van der Waals surface area contributed by atoms with Crippen LogP contribution in [0, 0.1) is 15.9 Å². The number of rotatable bonds is 7. The number of carbonyl (C=O) groups excluding carboxylic acids is 1. The fourth-order valence-corrected chi connectivity index (χ4v) is 3.13. The van der Waals surface area contributed by atoms with Crippen molar-refractivity contribution in [3.8, 4) is 0 Å². The highest BCUT2D eigenvalue weighted by Gasteiger charge is 2.33. The number of hydrogen-bond donors (Lipinski definition) is 2. The van der Waals surface area contributed by atoms with Gasteiger partial charge in [-0.05, 0) is 48.9 Å². The van der Waals surface area contributed by atoms with E-state index in [2.05, 4.69) is 15.6 Å². The van der Waals surface area contributed by atoms with Gasteiger partial charge < -0.3 is 10.6 Å². The lowest BCUT2D eigenvalue weighted by atomic mass is 10.1. The van der Waals surface area contributed by atoms with E-state index in [0.717, 1.165) is 18.2 Å². The number of amides is 1. The maximum Gasteiger partial charge on any atom is 0.416 e. The Kier molecular flexibility index (Phi) is 6.90. The average molecular weight is 462 g/mol. The van der Waals surface area contributed by atoms with Crippen LogP contribution in [0.4, 0.5) is 28.9 Å². The molecule has 0 bridgehead atoms. The molecule has 2 N–H and O–H groups in total. The number of hydrogen-bond acceptors (Lipinski definition) is 5. The van der Waals surface area contributed by atoms with Crippen LogP contribution in [0.2, 0.25) is 0 Å². The number of alkyl halides is 3. The fourth-order valence-electron chi connectivity index (χ4n) is 3.13. The summed E-state index contributed by atoms with van der Waals surface area (Å²) in [6.07, 6.45) is -3.22. The molecule has 0 aliphatic heterocycles. The molecule has 1 heterocycles. The maximum atomic E-state index is 13.2. The van der Waals surface area contributed by atoms with Crippen molar-refractivity contribution in [3.63, 3.8) is 0 Å². The lowest BCUT2D eigenvalue weighted by Gasteiger charge is -2.16. The van der Waals surface area contributed by atoms with Crippen LogP contribution in [0.5, 0.6) is 0 Å². The van der Waals surface area contributed by atoms with Crippen molar-refractivity contribution in [1.29, 1.82) is 0 Å². The molecule has 7 nitrogen and oxygen atoms in total. The summed E-state index contributed by atoms with van der Waals surface area (Å²) < 4.78 is 52.6. The summed E-state index contributed by atoms with van der Waals surface area (Å²) in [6.45, 7) is 1.21. The van der Waals surface area contributed by atoms with Gasteiger partial charge >= 0.3 is 6.18 Å². The van der Waals surface area contributed by atoms with Gasteiger partial charge in [0.25, 0.3) is 11.6 Å². The molecule has 3 rings (SSSR count). The molecule has 1 amide bonds. The number of nitro benzene ring substituents is 1. The Hall–Kier alpha value is -4.02. The molecule has 172 valence electrons. The highest BCUT2D eigenvalue weighted by atomic mass is 19.4. The molecule has 1 aromatic heterocycles. The highest BCUT2D eigenvalue weighted by molar-refractivity contribution is 5.95. The van der Waals surface area contributed by atoms with Crippen molar-refractivity contribution in [2.24, 2.45) is 0 Å². The van der Waals surface area contributed by atoms with Crippen LogP contribution in [0.15, 0.2) is 60.8 Å². The molecule has 0 radical (unpaired) electrons. The van der Waals surface area contributed by atoms with Crippen LogP contribution in [0.3, 0.4) is 0 Å². The number of pyridine rings is 1. The number of nitrogens with zero attached hydrogens (tertiary/aromatic N) is 2. The summed E-state index contributed by atoms with van der Waals surface area (Å²) in [5.41, 5.74) is -1.26. The standard InChI is InChI=1S/C22H18F4N4O3/c1-13(18-4-2-3-9-27-18)29-19-8-6-14(10-20(19)30(32)33)21(31)28-12-15-5-7-16(23)11-17(15)22(24,25)26/h2-11,13,29H,12H2,1H3,(H,28,31). The lowest BCUT2D eigenvalue weighted by molar-refractivity contribution is -0.384. The second kappa shape index (κ2) is 9.63. The minimum atomic E-state index is -4.81. The zero-order chi connectivity index (χ0) is 24.2. The third kappa shape index (κ3) is 5.82. The second-order valence-electron chi connectivity index (χ2n) is 7.09. The smallest absolute Gasteiger partial charge is 0.371 e. The van der Waals surface area contributed by atoms with Gasteiger partial charge in [-0.25, -0.2) is 4.39 Å². The summed E-state index contributed by atoms with van der Waals surface area (Å²) in [7, 11) is 0. The van der Waals surface area contributed by atoms with Gasteiger partial charge in [-0.2, -0.15) is 13.2 Å². The van der Waals surface area contributed by atoms with Crippen molar-refractivity contribution in [3.05, 3.63) is 99.1 Å². The SMILES string of the molecule is CC(Nc1ccc(C(=O)NCc2ccc(F)cc2C(F)(F)F)cc1[N+](=O)[O-])c1ccccn1. The maximum absolute atomic E-state index is 13.2. The molecule has 33 heavy (non-hydrogen) atoms. The van der Waals surface area contributed by atoms with E-state index in [1.165, 1.54) is 12.1 Å². The zero-order valence-corrected chi connectivity index (χ0v) is 17.2. The highest BCUT2D eigenvalue weighted by Crippen LogP contribution is 2.33. The van der Waals surface area contributed by atoms with Crippen molar-refractivity contribution in [2.45, 2.75) is 25.7 Å². The number of nitro groups is 1. The molecule has 0 aliphatic carbocycles. The van der Waals surface area contributed by atoms with E-state index in [4.69, 9.17) is 0 Å². The van der Waals surface area contributed by atoms with Crippen molar-refractivity contribution in [1.82, 2.24) is 10.3 Å². The van der Waals surface area contributed by atoms with Gasteiger partial charge in [-0.3, -0.25) is 19.9 Å². The van der Waals surface area contributed by atoms with Crippen LogP contribution >= 0.6 is 0 Å². The van der Waals surface area contributed by atoms with E-state index in [1.807, 2.05) is 0 Å². The fraction of sp³-hybridized carbons (Fsp3) is 0.182. The van der Waals surface area contributed by atoms with Gasteiger partial charge in [0, 0.05) is 24.4 Å². The van der Waals surface area contributed by atoms with Gasteiger partial charge in [0.05, 0.1) is 22.2 Å². The average Bonchev–Trinajstić information content (AvgIpc) is 2.78. The third-order valence-electron chi connectivity index (χ3n) is 4.78. The minimum Gasteiger partial charge on any atom is -0.371 e. The summed E-state index contributed by atoms with van der Waals surface area (Å²) in [6, 6.07) is 10.7. The Balaban J connectivity index is 1.78. The summed E-state index contributed by atoms with van der Waals surface area (Å²) >= 11 is 0. The predicted molar refractivity (Wildman–Crippen MR) is 112 cm³/mol. The Morgan fingerprint density at radius 2 is 1.91 bits per heavy atom. The Bertz CT molecular complexity index is 1170. The molecule has 0 fully saturated rings. The molecule has 2 aromatic carbocycles. The topological polar surface area (TPSA) is 97.2 Å². The molecule has 3 aromatic rings. The van der Waals surface area contributed by atoms with Gasteiger partial charge in [-0.1, -0.05) is 12.1 Å². The van der Waals surface area contributed by atoms with Gasteiger partial charge in [-0.15, -0.1) is 0 Å². The zero-order valence-electron chi connectivity index (χ0n) is 17.2. The Labute approximate surface area is 185 Å². The third-order valence-corrected chi connectivity index (χ3v) is 4.78. The molecular weight excluding hydrogens is 444 g/mol. The molecule has 11 heteroatoms. The minimum absolute atomic E-state index is 0.117. The van der Waals surface area contributed by atoms with Gasteiger partial charge in [0.2, 0.25) is 0 Å². The first-order valence-electron chi connectivity index (χ1n) is 9.66. The first kappa shape index (κ1) is 23.6. The molecule has 0 saturated heterocycles. The van der Waals surface area contributed by atoms with Gasteiger partial charge in [0.1, 0.15) is 11.5 Å². The largest absolute Gasteiger partial charge is 0.416 e. The molecular formula is C22H18F4N4O3. The Morgan fingerprint density at radius 1 is 1.15 bits per heavy atom. The van der Waals surface area contributed by atoms with E-state index in [0.29, 0.717) is 11.8 Å². The van der Waals surface area contributed by atoms with Crippen LogP contribution in [-0.4, -0.2) is 15.8 Å². The number of carbonyl (C=O) groups is 1. The number of anilines is 1. The van der Waals surface area contributed by atoms with Gasteiger partial charge in [0.15, 0.2) is 0 Å². The first-order chi connectivity index (χ1) is 15.6. The molecule has 1 atom stereocenters. The summed E-state index contributed by atoms with van der Waals surface area (Å²) in [5, 5.41) is 16.8. The molecule has 0 spiro atoms. The number of nitrogens with one attached hydrogen (secondary N) is 2. The second-order valence-corrected chi connectivity index (χ2v) is 7.09. The van der Waals surface area contributed by atoms with E-state index in [9.17, 15) is 32.5 Å². The molecule has 0 aliphatic rings. The van der Waals surface area contributed by atoms with Crippen molar-refractivity contribution in [2.75, 3.05) is 5.32 Å². The quantitative estimate of drug-likeness (QED) is 0.284. The monoisotopic (exact) mass is 462 g/mol. The van der Waals surface area contributed by atoms with Crippen molar-refractivity contribution < 1.29 is 27.3 Å². The molecule has 1 unspecified atom stereocenters. The summed E-state index contributed by atoms with van der Waals surface area (Å²) in [4.78, 5) is 27.5. The lowest BCUT2D eigenvalue weighted by Crippen LogP contribution is -2.25. The van der Waals surface area contributed by atoms with Crippen LogP contribution in [0.25, 0.3) is 0 Å². The van der Waals surface area contributed by atoms with E-state index in [-0.39, 0.29) is 28.5 Å². The molecule has 0 saturated carbocycles. The van der Waals surface area contributed by atoms with E-state index in [1.54, 1.807) is 31.3 Å². The Morgan fingerprint density at radius 3 is 2.55 bits per heavy atom. The number of benzene rings is 2. The summed E-state index contributed by atoms with van der Waals surface area (Å²) in [5.74, 6) is -1.88. The van der Waals surface area contributed by atoms with Crippen molar-refractivity contribution >= 4 is 17.3 Å². The first-order valence-corrected chi connectivity index (χ1v) is 9.66. The van der Waals surface area contributed by atoms with E-state index >= 15 is 0 Å². The number of halogens is 4. The van der Waals surface area contributed by atoms with Crippen LogP contribution < -0.4 is 10.6 Å². The van der Waals surface area contributed by atoms with E-state index < -0.39 is 34.9 Å². The number of aromatic nitrogens is 1. The normalized spacial score (nSPS) is 12.2. The predicted octanol–water partition coefficient (Wildman–Crippen LogP) is 5.25. The van der Waals surface area contributed by atoms with Crippen LogP contribution in [-0.2, 0) is 12.7 Å². The van der Waals surface area contributed by atoms with Crippen LogP contribution in [0.1, 0.15) is 40.1 Å².